The van der Waals surface area contributed by atoms with Crippen LogP contribution in [0.25, 0.3) is 43.5 Å². The number of para-hydroxylation sites is 1. The maximum Gasteiger partial charge on any atom is 0.143 e. The summed E-state index contributed by atoms with van der Waals surface area (Å²) in [5.74, 6) is 0. The van der Waals surface area contributed by atoms with Crippen LogP contribution in [-0.4, -0.2) is 0 Å². The van der Waals surface area contributed by atoms with Gasteiger partial charge in [-0.15, -0.1) is 0 Å². The zero-order valence-corrected chi connectivity index (χ0v) is 15.1. The lowest BCUT2D eigenvalue weighted by molar-refractivity contribution is 0.673. The quantitative estimate of drug-likeness (QED) is 0.321. The molecule has 1 N–H and O–H groups in total. The maximum absolute atomic E-state index is 6.41. The van der Waals surface area contributed by atoms with Crippen molar-refractivity contribution in [1.82, 2.24) is 0 Å². The first-order chi connectivity index (χ1) is 13.9. The van der Waals surface area contributed by atoms with E-state index in [1.54, 1.807) is 0 Å². The Morgan fingerprint density at radius 1 is 0.500 bits per heavy atom. The largest absolute Gasteiger partial charge is 0.455 e. The molecule has 0 saturated carbocycles. The van der Waals surface area contributed by atoms with E-state index in [1.807, 2.05) is 18.2 Å². The fourth-order valence-electron chi connectivity index (χ4n) is 4.17. The van der Waals surface area contributed by atoms with Crippen molar-refractivity contribution in [2.45, 2.75) is 0 Å². The van der Waals surface area contributed by atoms with Crippen LogP contribution in [0.5, 0.6) is 0 Å². The van der Waals surface area contributed by atoms with Crippen molar-refractivity contribution < 1.29 is 4.42 Å². The Kier molecular flexibility index (Phi) is 3.20. The minimum Gasteiger partial charge on any atom is -0.455 e. The predicted molar refractivity (Wildman–Crippen MR) is 118 cm³/mol. The van der Waals surface area contributed by atoms with E-state index >= 15 is 0 Å². The Hall–Kier alpha value is -3.78. The monoisotopic (exact) mass is 359 g/mol. The van der Waals surface area contributed by atoms with E-state index in [4.69, 9.17) is 4.42 Å². The Morgan fingerprint density at radius 2 is 1.14 bits per heavy atom. The first kappa shape index (κ1) is 15.3. The molecule has 0 aliphatic rings. The highest BCUT2D eigenvalue weighted by Gasteiger charge is 2.15. The summed E-state index contributed by atoms with van der Waals surface area (Å²) in [6, 6.07) is 33.6. The minimum absolute atomic E-state index is 0.900. The van der Waals surface area contributed by atoms with E-state index in [1.165, 1.54) is 21.5 Å². The Labute approximate surface area is 162 Å². The zero-order valence-electron chi connectivity index (χ0n) is 15.1. The predicted octanol–water partition coefficient (Wildman–Crippen LogP) is 7.64. The van der Waals surface area contributed by atoms with Gasteiger partial charge < -0.3 is 9.73 Å². The minimum atomic E-state index is 0.900. The molecule has 2 heteroatoms. The third-order valence-corrected chi connectivity index (χ3v) is 5.41. The molecule has 1 aromatic heterocycles. The highest BCUT2D eigenvalue weighted by Crippen LogP contribution is 2.41. The molecule has 132 valence electrons. The first-order valence-corrected chi connectivity index (χ1v) is 9.46. The van der Waals surface area contributed by atoms with Crippen molar-refractivity contribution in [3.8, 4) is 0 Å². The van der Waals surface area contributed by atoms with E-state index in [2.05, 4.69) is 84.2 Å². The molecular formula is C26H17NO. The van der Waals surface area contributed by atoms with Gasteiger partial charge in [-0.1, -0.05) is 66.7 Å². The molecule has 0 aliphatic heterocycles. The number of benzene rings is 5. The molecule has 6 aromatic rings. The molecule has 0 atom stereocenters. The van der Waals surface area contributed by atoms with Gasteiger partial charge in [0.1, 0.15) is 11.2 Å². The summed E-state index contributed by atoms with van der Waals surface area (Å²) in [6.45, 7) is 0. The molecule has 28 heavy (non-hydrogen) atoms. The van der Waals surface area contributed by atoms with Crippen LogP contribution in [-0.2, 0) is 0 Å². The molecule has 2 nitrogen and oxygen atoms in total. The average molecular weight is 359 g/mol. The molecule has 5 aromatic carbocycles. The maximum atomic E-state index is 6.41. The van der Waals surface area contributed by atoms with E-state index in [0.717, 1.165) is 33.3 Å². The molecule has 0 unspecified atom stereocenters. The van der Waals surface area contributed by atoms with E-state index in [9.17, 15) is 0 Å². The molecule has 6 rings (SSSR count). The van der Waals surface area contributed by atoms with E-state index < -0.39 is 0 Å². The summed E-state index contributed by atoms with van der Waals surface area (Å²) >= 11 is 0. The Bertz CT molecular complexity index is 1480. The molecular weight excluding hydrogens is 342 g/mol. The van der Waals surface area contributed by atoms with Crippen LogP contribution in [0.1, 0.15) is 0 Å². The third-order valence-electron chi connectivity index (χ3n) is 5.41. The van der Waals surface area contributed by atoms with Crippen LogP contribution in [0.3, 0.4) is 0 Å². The van der Waals surface area contributed by atoms with Gasteiger partial charge in [-0.25, -0.2) is 0 Å². The lowest BCUT2D eigenvalue weighted by Gasteiger charge is -2.06. The second-order valence-corrected chi connectivity index (χ2v) is 7.10. The normalized spacial score (nSPS) is 11.6. The van der Waals surface area contributed by atoms with Crippen molar-refractivity contribution >= 4 is 54.9 Å². The number of furan rings is 1. The number of hydrogen-bond donors (Lipinski definition) is 1. The number of anilines is 2. The molecule has 0 aliphatic carbocycles. The van der Waals surface area contributed by atoms with Gasteiger partial charge in [0, 0.05) is 33.6 Å². The molecule has 0 amide bonds. The second-order valence-electron chi connectivity index (χ2n) is 7.10. The average Bonchev–Trinajstić information content (AvgIpc) is 3.14. The Balaban J connectivity index is 1.67. The molecule has 0 fully saturated rings. The van der Waals surface area contributed by atoms with Crippen LogP contribution in [0.4, 0.5) is 11.4 Å². The fraction of sp³-hybridized carbons (Fsp3) is 0. The van der Waals surface area contributed by atoms with Crippen molar-refractivity contribution in [3.05, 3.63) is 97.1 Å². The number of rotatable bonds is 2. The highest BCUT2D eigenvalue weighted by molar-refractivity contribution is 6.30. The molecule has 0 saturated heterocycles. The van der Waals surface area contributed by atoms with Crippen molar-refractivity contribution in [2.75, 3.05) is 5.32 Å². The van der Waals surface area contributed by atoms with E-state index in [-0.39, 0.29) is 0 Å². The lowest BCUT2D eigenvalue weighted by atomic mass is 9.97. The highest BCUT2D eigenvalue weighted by atomic mass is 16.3. The van der Waals surface area contributed by atoms with Gasteiger partial charge in [0.05, 0.1) is 0 Å². The van der Waals surface area contributed by atoms with Crippen molar-refractivity contribution in [3.63, 3.8) is 0 Å². The summed E-state index contributed by atoms with van der Waals surface area (Å²) in [5.41, 5.74) is 3.94. The van der Waals surface area contributed by atoms with E-state index in [0.29, 0.717) is 0 Å². The van der Waals surface area contributed by atoms with Gasteiger partial charge in [0.15, 0.2) is 0 Å². The topological polar surface area (TPSA) is 25.2 Å². The molecule has 0 spiro atoms. The van der Waals surface area contributed by atoms with Crippen LogP contribution < -0.4 is 5.32 Å². The number of fused-ring (bicyclic) bond motifs is 8. The zero-order chi connectivity index (χ0) is 18.5. The van der Waals surface area contributed by atoms with Crippen LogP contribution in [0, 0.1) is 0 Å². The number of hydrogen-bond acceptors (Lipinski definition) is 2. The van der Waals surface area contributed by atoms with Gasteiger partial charge in [-0.2, -0.15) is 0 Å². The molecule has 0 bridgehead atoms. The summed E-state index contributed by atoms with van der Waals surface area (Å²) in [4.78, 5) is 0. The molecule has 1 heterocycles. The smallest absolute Gasteiger partial charge is 0.143 e. The number of nitrogens with one attached hydrogen (secondary N) is 1. The van der Waals surface area contributed by atoms with Crippen LogP contribution in [0.2, 0.25) is 0 Å². The molecule has 0 radical (unpaired) electrons. The second kappa shape index (κ2) is 5.86. The standard InChI is InChI=1S/C26H17NO/c1-2-8-17(9-3-1)27-18-14-15-23-24(16-18)28-26-22-13-7-5-11-20(22)19-10-4-6-12-21(19)25(23)26/h1-16,27H. The van der Waals surface area contributed by atoms with Crippen molar-refractivity contribution in [1.29, 1.82) is 0 Å². The van der Waals surface area contributed by atoms with Crippen LogP contribution >= 0.6 is 0 Å². The summed E-state index contributed by atoms with van der Waals surface area (Å²) < 4.78 is 6.41. The SMILES string of the molecule is c1ccc(Nc2ccc3c(c2)oc2c4ccccc4c4ccccc4c32)cc1. The van der Waals surface area contributed by atoms with Gasteiger partial charge in [0.2, 0.25) is 0 Å². The van der Waals surface area contributed by atoms with Gasteiger partial charge in [-0.3, -0.25) is 0 Å². The summed E-state index contributed by atoms with van der Waals surface area (Å²) in [6.07, 6.45) is 0. The fourth-order valence-corrected chi connectivity index (χ4v) is 4.17. The van der Waals surface area contributed by atoms with Gasteiger partial charge in [-0.05, 0) is 40.4 Å². The van der Waals surface area contributed by atoms with Gasteiger partial charge >= 0.3 is 0 Å². The van der Waals surface area contributed by atoms with Crippen molar-refractivity contribution in [2.24, 2.45) is 0 Å². The summed E-state index contributed by atoms with van der Waals surface area (Å²) in [5, 5.41) is 10.7. The first-order valence-electron chi connectivity index (χ1n) is 9.46. The van der Waals surface area contributed by atoms with Gasteiger partial charge in [0.25, 0.3) is 0 Å². The summed E-state index contributed by atoms with van der Waals surface area (Å²) in [7, 11) is 0. The lowest BCUT2D eigenvalue weighted by Crippen LogP contribution is -1.88. The third kappa shape index (κ3) is 2.21. The Morgan fingerprint density at radius 3 is 1.93 bits per heavy atom. The van der Waals surface area contributed by atoms with Crippen LogP contribution in [0.15, 0.2) is 101 Å².